The molecule has 0 aliphatic carbocycles. The molecule has 1 aromatic heterocycles. The van der Waals surface area contributed by atoms with Crippen LogP contribution in [0.25, 0.3) is 0 Å². The van der Waals surface area contributed by atoms with Gasteiger partial charge < -0.3 is 29.3 Å². The van der Waals surface area contributed by atoms with Crippen LogP contribution in [0.15, 0.2) is 28.8 Å². The molecule has 1 amide bonds. The summed E-state index contributed by atoms with van der Waals surface area (Å²) >= 11 is 0. The van der Waals surface area contributed by atoms with Crippen molar-refractivity contribution in [2.24, 2.45) is 0 Å². The number of benzene rings is 1. The van der Waals surface area contributed by atoms with Crippen LogP contribution in [0.4, 0.5) is 13.2 Å². The normalized spacial score (nSPS) is 16.3. The molecule has 0 saturated carbocycles. The number of aliphatic carboxylic acids is 1. The molecule has 1 atom stereocenters. The Morgan fingerprint density at radius 1 is 1.29 bits per heavy atom. The number of alkyl halides is 3. The number of likely N-dealkylation sites (N-methyl/N-ethyl adjacent to an activating group) is 1. The summed E-state index contributed by atoms with van der Waals surface area (Å²) in [5, 5.41) is 14.0. The van der Waals surface area contributed by atoms with Gasteiger partial charge in [-0.2, -0.15) is 13.2 Å². The smallest absolute Gasteiger partial charge is 0.490 e. The number of rotatable bonds is 7. The number of piperidine rings is 1. The molecule has 9 nitrogen and oxygen atoms in total. The summed E-state index contributed by atoms with van der Waals surface area (Å²) in [5.41, 5.74) is 1.39. The van der Waals surface area contributed by atoms with Crippen LogP contribution in [0.3, 0.4) is 0 Å². The number of carboxylic acids is 1. The molecule has 12 heteroatoms. The Morgan fingerprint density at radius 3 is 2.51 bits per heavy atom. The van der Waals surface area contributed by atoms with Crippen molar-refractivity contribution < 1.29 is 41.9 Å². The lowest BCUT2D eigenvalue weighted by Gasteiger charge is -2.30. The number of hydrogen-bond acceptors (Lipinski definition) is 7. The van der Waals surface area contributed by atoms with Gasteiger partial charge in [-0.15, -0.1) is 0 Å². The zero-order valence-electron chi connectivity index (χ0n) is 20.0. The van der Waals surface area contributed by atoms with E-state index < -0.39 is 12.1 Å². The van der Waals surface area contributed by atoms with E-state index in [2.05, 4.69) is 22.4 Å². The van der Waals surface area contributed by atoms with Crippen LogP contribution in [0.5, 0.6) is 11.5 Å². The molecule has 194 valence electrons. The van der Waals surface area contributed by atoms with Gasteiger partial charge in [0.1, 0.15) is 6.10 Å². The molecule has 0 spiro atoms. The summed E-state index contributed by atoms with van der Waals surface area (Å²) in [7, 11) is 3.69. The molecule has 1 unspecified atom stereocenters. The van der Waals surface area contributed by atoms with E-state index in [-0.39, 0.29) is 24.5 Å². The predicted octanol–water partition coefficient (Wildman–Crippen LogP) is 3.84. The molecule has 1 aromatic carbocycles. The summed E-state index contributed by atoms with van der Waals surface area (Å²) in [6, 6.07) is 7.10. The first-order valence-corrected chi connectivity index (χ1v) is 11.0. The lowest BCUT2D eigenvalue weighted by atomic mass is 10.1. The molecule has 0 radical (unpaired) electrons. The number of carbonyl (C=O) groups is 2. The molecule has 2 N–H and O–H groups in total. The highest BCUT2D eigenvalue weighted by Crippen LogP contribution is 2.30. The maximum absolute atomic E-state index is 12.6. The largest absolute Gasteiger partial charge is 0.493 e. The Hall–Kier alpha value is -3.28. The van der Waals surface area contributed by atoms with Crippen molar-refractivity contribution in [3.63, 3.8) is 0 Å². The molecule has 1 saturated heterocycles. The summed E-state index contributed by atoms with van der Waals surface area (Å²) in [6.07, 6.45) is -2.90. The van der Waals surface area contributed by atoms with Crippen molar-refractivity contribution >= 4 is 11.9 Å². The molecule has 2 aromatic rings. The van der Waals surface area contributed by atoms with Gasteiger partial charge in [0.25, 0.3) is 5.91 Å². The van der Waals surface area contributed by atoms with Gasteiger partial charge in [-0.25, -0.2) is 4.79 Å². The van der Waals surface area contributed by atoms with Crippen LogP contribution in [0.2, 0.25) is 0 Å². The number of nitrogens with one attached hydrogen (secondary N) is 1. The zero-order valence-corrected chi connectivity index (χ0v) is 20.0. The molecular weight excluding hydrogens is 471 g/mol. The van der Waals surface area contributed by atoms with Crippen LogP contribution in [0.1, 0.15) is 54.4 Å². The molecule has 2 heterocycles. The van der Waals surface area contributed by atoms with Crippen molar-refractivity contribution in [3.8, 4) is 11.5 Å². The maximum atomic E-state index is 12.6. The fourth-order valence-electron chi connectivity index (χ4n) is 3.26. The minimum absolute atomic E-state index is 0.0922. The third kappa shape index (κ3) is 8.78. The fraction of sp³-hybridized carbons (Fsp3) is 0.522. The number of ether oxygens (including phenoxy) is 2. The monoisotopic (exact) mass is 501 g/mol. The lowest BCUT2D eigenvalue weighted by molar-refractivity contribution is -0.192. The Labute approximate surface area is 201 Å². The third-order valence-corrected chi connectivity index (χ3v) is 5.14. The number of carboxylic acid groups (broad SMARTS) is 1. The summed E-state index contributed by atoms with van der Waals surface area (Å²) < 4.78 is 48.6. The second-order valence-corrected chi connectivity index (χ2v) is 8.37. The van der Waals surface area contributed by atoms with E-state index in [1.54, 1.807) is 25.3 Å². The van der Waals surface area contributed by atoms with Gasteiger partial charge in [-0.1, -0.05) is 19.0 Å². The molecule has 1 fully saturated rings. The highest BCUT2D eigenvalue weighted by Gasteiger charge is 2.38. The zero-order chi connectivity index (χ0) is 26.2. The average Bonchev–Trinajstić information content (AvgIpc) is 3.27. The van der Waals surface area contributed by atoms with Crippen molar-refractivity contribution in [3.05, 3.63) is 41.3 Å². The van der Waals surface area contributed by atoms with Gasteiger partial charge in [0.15, 0.2) is 17.3 Å². The third-order valence-electron chi connectivity index (χ3n) is 5.14. The number of amides is 1. The highest BCUT2D eigenvalue weighted by molar-refractivity contribution is 5.94. The van der Waals surface area contributed by atoms with E-state index in [9.17, 15) is 18.0 Å². The van der Waals surface area contributed by atoms with Crippen LogP contribution < -0.4 is 14.8 Å². The van der Waals surface area contributed by atoms with Crippen LogP contribution in [-0.4, -0.2) is 66.6 Å². The number of methoxy groups -OCH3 is 1. The lowest BCUT2D eigenvalue weighted by Crippen LogP contribution is -2.38. The van der Waals surface area contributed by atoms with Crippen LogP contribution in [0, 0.1) is 0 Å². The van der Waals surface area contributed by atoms with E-state index in [0.29, 0.717) is 22.8 Å². The van der Waals surface area contributed by atoms with E-state index in [4.69, 9.17) is 23.9 Å². The number of likely N-dealkylation sites (tertiary alicyclic amines) is 1. The van der Waals surface area contributed by atoms with Crippen LogP contribution in [-0.2, 0) is 11.3 Å². The number of nitrogens with zero attached hydrogens (tertiary/aromatic N) is 2. The maximum Gasteiger partial charge on any atom is 0.490 e. The summed E-state index contributed by atoms with van der Waals surface area (Å²) in [4.78, 5) is 23.7. The summed E-state index contributed by atoms with van der Waals surface area (Å²) in [6.45, 7) is 6.32. The van der Waals surface area contributed by atoms with Crippen molar-refractivity contribution in [1.29, 1.82) is 0 Å². The Balaban J connectivity index is 0.000000540. The number of carbonyl (C=O) groups excluding carboxylic acids is 1. The standard InChI is InChI=1S/C21H29N3O4.C2HF3O2/c1-14(2)18-11-17(28-23-18)12-22-21(25)15-7-8-19(26-4)20(10-15)27-16-6-5-9-24(3)13-16;3-2(4,5)1(6)7/h7-8,10-11,14,16H,5-6,9,12-13H2,1-4H3,(H,22,25);(H,6,7). The SMILES string of the molecule is COc1ccc(C(=O)NCc2cc(C(C)C)no2)cc1OC1CCCN(C)C1.O=C(O)C(F)(F)F. The van der Waals surface area contributed by atoms with Gasteiger partial charge in [-0.3, -0.25) is 4.79 Å². The molecule has 35 heavy (non-hydrogen) atoms. The topological polar surface area (TPSA) is 114 Å². The minimum atomic E-state index is -5.08. The van der Waals surface area contributed by atoms with E-state index >= 15 is 0 Å². The highest BCUT2D eigenvalue weighted by atomic mass is 19.4. The quantitative estimate of drug-likeness (QED) is 0.588. The molecule has 3 rings (SSSR count). The van der Waals surface area contributed by atoms with Gasteiger partial charge in [0.2, 0.25) is 0 Å². The van der Waals surface area contributed by atoms with E-state index in [0.717, 1.165) is 31.6 Å². The molecule has 1 aliphatic heterocycles. The predicted molar refractivity (Wildman–Crippen MR) is 120 cm³/mol. The van der Waals surface area contributed by atoms with E-state index in [1.165, 1.54) is 0 Å². The van der Waals surface area contributed by atoms with Crippen LogP contribution >= 0.6 is 0 Å². The first kappa shape index (κ1) is 28.0. The average molecular weight is 502 g/mol. The molecule has 0 bridgehead atoms. The number of hydrogen-bond donors (Lipinski definition) is 2. The Morgan fingerprint density at radius 2 is 1.97 bits per heavy atom. The van der Waals surface area contributed by atoms with Gasteiger partial charge >= 0.3 is 12.1 Å². The van der Waals surface area contributed by atoms with Gasteiger partial charge in [0, 0.05) is 18.2 Å². The Kier molecular flexibility index (Phi) is 9.93. The first-order chi connectivity index (χ1) is 16.4. The second kappa shape index (κ2) is 12.4. The number of halogens is 3. The van der Waals surface area contributed by atoms with Crippen molar-refractivity contribution in [2.45, 2.75) is 51.4 Å². The molecular formula is C23H30F3N3O6. The van der Waals surface area contributed by atoms with Crippen molar-refractivity contribution in [2.75, 3.05) is 27.2 Å². The number of aromatic nitrogens is 1. The van der Waals surface area contributed by atoms with Gasteiger partial charge in [-0.05, 0) is 50.6 Å². The fourth-order valence-corrected chi connectivity index (χ4v) is 3.26. The van der Waals surface area contributed by atoms with Crippen molar-refractivity contribution in [1.82, 2.24) is 15.4 Å². The first-order valence-electron chi connectivity index (χ1n) is 11.0. The van der Waals surface area contributed by atoms with Gasteiger partial charge in [0.05, 0.1) is 19.3 Å². The second-order valence-electron chi connectivity index (χ2n) is 8.37. The Bertz CT molecular complexity index is 993. The minimum Gasteiger partial charge on any atom is -0.493 e. The summed E-state index contributed by atoms with van der Waals surface area (Å²) in [5.74, 6) is -0.817. The molecule has 1 aliphatic rings. The van der Waals surface area contributed by atoms with E-state index in [1.807, 2.05) is 19.9 Å².